The van der Waals surface area contributed by atoms with E-state index in [1.54, 1.807) is 7.11 Å². The van der Waals surface area contributed by atoms with E-state index in [9.17, 15) is 0 Å². The van der Waals surface area contributed by atoms with E-state index in [1.165, 1.54) is 0 Å². The summed E-state index contributed by atoms with van der Waals surface area (Å²) in [6.07, 6.45) is 1.91. The van der Waals surface area contributed by atoms with Crippen LogP contribution in [0.4, 0.5) is 0 Å². The van der Waals surface area contributed by atoms with Crippen molar-refractivity contribution in [3.05, 3.63) is 16.9 Å². The first kappa shape index (κ1) is 9.55. The minimum absolute atomic E-state index is 0.341. The van der Waals surface area contributed by atoms with Gasteiger partial charge in [0.2, 0.25) is 0 Å². The van der Waals surface area contributed by atoms with Crippen LogP contribution in [0, 0.1) is 0 Å². The average molecular weight is 189 g/mol. The lowest BCUT2D eigenvalue weighted by molar-refractivity contribution is 0.185. The normalized spacial score (nSPS) is 11.1. The Balaban J connectivity index is 2.85. The van der Waals surface area contributed by atoms with E-state index in [0.29, 0.717) is 17.8 Å². The number of methoxy groups -OCH3 is 1. The Morgan fingerprint density at radius 1 is 1.67 bits per heavy atom. The minimum Gasteiger partial charge on any atom is -0.380 e. The third-order valence-electron chi connectivity index (χ3n) is 1.59. The molecule has 0 aliphatic carbocycles. The molecule has 0 spiro atoms. The maximum atomic E-state index is 5.86. The molecule has 4 heteroatoms. The number of halogens is 1. The zero-order chi connectivity index (χ0) is 9.14. The number of ether oxygens (including phenoxy) is 1. The summed E-state index contributed by atoms with van der Waals surface area (Å²) in [6.45, 7) is 4.63. The molecule has 0 aromatic carbocycles. The van der Waals surface area contributed by atoms with Gasteiger partial charge in [0, 0.05) is 24.9 Å². The third-order valence-corrected chi connectivity index (χ3v) is 1.90. The Hall–Kier alpha value is -0.540. The van der Waals surface area contributed by atoms with Crippen LogP contribution in [-0.4, -0.2) is 16.9 Å². The summed E-state index contributed by atoms with van der Waals surface area (Å²) in [5.74, 6) is 0. The van der Waals surface area contributed by atoms with E-state index in [4.69, 9.17) is 16.3 Å². The van der Waals surface area contributed by atoms with Crippen LogP contribution in [0.2, 0.25) is 5.15 Å². The first-order valence-corrected chi connectivity index (χ1v) is 4.25. The van der Waals surface area contributed by atoms with Gasteiger partial charge in [-0.1, -0.05) is 11.6 Å². The molecule has 1 heterocycles. The lowest BCUT2D eigenvalue weighted by Gasteiger charge is -2.02. The van der Waals surface area contributed by atoms with E-state index >= 15 is 0 Å². The quantitative estimate of drug-likeness (QED) is 0.728. The highest BCUT2D eigenvalue weighted by Gasteiger charge is 2.07. The second-order valence-electron chi connectivity index (χ2n) is 2.95. The van der Waals surface area contributed by atoms with E-state index < -0.39 is 0 Å². The van der Waals surface area contributed by atoms with Crippen molar-refractivity contribution in [2.75, 3.05) is 7.11 Å². The maximum Gasteiger partial charge on any atom is 0.156 e. The van der Waals surface area contributed by atoms with Crippen LogP contribution in [0.25, 0.3) is 0 Å². The molecule has 0 fully saturated rings. The van der Waals surface area contributed by atoms with Gasteiger partial charge in [-0.2, -0.15) is 5.10 Å². The fourth-order valence-electron chi connectivity index (χ4n) is 0.924. The SMILES string of the molecule is COCc1cn(C(C)C)nc1Cl. The van der Waals surface area contributed by atoms with Crippen LogP contribution in [0.15, 0.2) is 6.20 Å². The molecule has 0 aliphatic rings. The third kappa shape index (κ3) is 1.99. The molecule has 0 saturated carbocycles. The van der Waals surface area contributed by atoms with Gasteiger partial charge in [0.25, 0.3) is 0 Å². The topological polar surface area (TPSA) is 27.1 Å². The van der Waals surface area contributed by atoms with Crippen molar-refractivity contribution in [1.29, 1.82) is 0 Å². The van der Waals surface area contributed by atoms with E-state index in [0.717, 1.165) is 5.56 Å². The number of nitrogens with zero attached hydrogens (tertiary/aromatic N) is 2. The van der Waals surface area contributed by atoms with Gasteiger partial charge >= 0.3 is 0 Å². The standard InChI is InChI=1S/C8H13ClN2O/c1-6(2)11-4-7(5-12-3)8(9)10-11/h4,6H,5H2,1-3H3. The molecule has 0 amide bonds. The van der Waals surface area contributed by atoms with Crippen LogP contribution in [-0.2, 0) is 11.3 Å². The van der Waals surface area contributed by atoms with Gasteiger partial charge in [0.05, 0.1) is 6.61 Å². The smallest absolute Gasteiger partial charge is 0.156 e. The Bertz CT molecular complexity index is 258. The number of rotatable bonds is 3. The summed E-state index contributed by atoms with van der Waals surface area (Å²) in [5.41, 5.74) is 0.938. The van der Waals surface area contributed by atoms with E-state index in [1.807, 2.05) is 10.9 Å². The van der Waals surface area contributed by atoms with Gasteiger partial charge in [0.1, 0.15) is 0 Å². The largest absolute Gasteiger partial charge is 0.380 e. The Labute approximate surface area is 77.3 Å². The maximum absolute atomic E-state index is 5.86. The molecule has 0 radical (unpaired) electrons. The lowest BCUT2D eigenvalue weighted by atomic mass is 10.4. The van der Waals surface area contributed by atoms with Crippen molar-refractivity contribution in [3.63, 3.8) is 0 Å². The summed E-state index contributed by atoms with van der Waals surface area (Å²) in [6, 6.07) is 0.341. The first-order valence-electron chi connectivity index (χ1n) is 3.87. The molecule has 0 aliphatic heterocycles. The van der Waals surface area contributed by atoms with Crippen molar-refractivity contribution < 1.29 is 4.74 Å². The van der Waals surface area contributed by atoms with Gasteiger partial charge in [-0.3, -0.25) is 4.68 Å². The second kappa shape index (κ2) is 3.92. The molecule has 0 atom stereocenters. The molecule has 0 bridgehead atoms. The highest BCUT2D eigenvalue weighted by atomic mass is 35.5. The molecule has 3 nitrogen and oxygen atoms in total. The van der Waals surface area contributed by atoms with Crippen molar-refractivity contribution >= 4 is 11.6 Å². The summed E-state index contributed by atoms with van der Waals surface area (Å²) in [5, 5.41) is 4.66. The van der Waals surface area contributed by atoms with Crippen LogP contribution >= 0.6 is 11.6 Å². The van der Waals surface area contributed by atoms with Crippen LogP contribution in [0.1, 0.15) is 25.5 Å². The molecule has 0 unspecified atom stereocenters. The molecule has 68 valence electrons. The lowest BCUT2D eigenvalue weighted by Crippen LogP contribution is -2.00. The molecule has 0 saturated heterocycles. The van der Waals surface area contributed by atoms with Crippen molar-refractivity contribution in [3.8, 4) is 0 Å². The highest BCUT2D eigenvalue weighted by Crippen LogP contribution is 2.16. The first-order chi connectivity index (χ1) is 5.65. The van der Waals surface area contributed by atoms with Crippen LogP contribution in [0.3, 0.4) is 0 Å². The monoisotopic (exact) mass is 188 g/mol. The Morgan fingerprint density at radius 3 is 2.75 bits per heavy atom. The average Bonchev–Trinajstić information content (AvgIpc) is 2.34. The number of hydrogen-bond donors (Lipinski definition) is 0. The van der Waals surface area contributed by atoms with Gasteiger partial charge in [-0.05, 0) is 13.8 Å². The Kier molecular flexibility index (Phi) is 3.12. The fraction of sp³-hybridized carbons (Fsp3) is 0.625. The van der Waals surface area contributed by atoms with Gasteiger partial charge < -0.3 is 4.74 Å². The molecule has 12 heavy (non-hydrogen) atoms. The molecule has 0 N–H and O–H groups in total. The fourth-order valence-corrected chi connectivity index (χ4v) is 1.11. The van der Waals surface area contributed by atoms with Crippen LogP contribution < -0.4 is 0 Å². The summed E-state index contributed by atoms with van der Waals surface area (Å²) in [7, 11) is 1.64. The molecule has 1 rings (SSSR count). The minimum atomic E-state index is 0.341. The predicted molar refractivity (Wildman–Crippen MR) is 48.3 cm³/mol. The van der Waals surface area contributed by atoms with Crippen molar-refractivity contribution in [2.24, 2.45) is 0 Å². The van der Waals surface area contributed by atoms with Gasteiger partial charge in [0.15, 0.2) is 5.15 Å². The van der Waals surface area contributed by atoms with Crippen molar-refractivity contribution in [2.45, 2.75) is 26.5 Å². The van der Waals surface area contributed by atoms with E-state index in [2.05, 4.69) is 18.9 Å². The zero-order valence-corrected chi connectivity index (χ0v) is 8.30. The van der Waals surface area contributed by atoms with Crippen molar-refractivity contribution in [1.82, 2.24) is 9.78 Å². The highest BCUT2D eigenvalue weighted by molar-refractivity contribution is 6.30. The zero-order valence-electron chi connectivity index (χ0n) is 7.54. The second-order valence-corrected chi connectivity index (χ2v) is 3.31. The number of hydrogen-bond acceptors (Lipinski definition) is 2. The summed E-state index contributed by atoms with van der Waals surface area (Å²) >= 11 is 5.86. The van der Waals surface area contributed by atoms with Gasteiger partial charge in [-0.25, -0.2) is 0 Å². The number of aromatic nitrogens is 2. The summed E-state index contributed by atoms with van der Waals surface area (Å²) < 4.78 is 6.79. The Morgan fingerprint density at radius 2 is 2.33 bits per heavy atom. The summed E-state index contributed by atoms with van der Waals surface area (Å²) in [4.78, 5) is 0. The van der Waals surface area contributed by atoms with Crippen LogP contribution in [0.5, 0.6) is 0 Å². The predicted octanol–water partition coefficient (Wildman–Crippen LogP) is 2.26. The molecule has 1 aromatic heterocycles. The van der Waals surface area contributed by atoms with E-state index in [-0.39, 0.29) is 0 Å². The molecular formula is C8H13ClN2O. The van der Waals surface area contributed by atoms with Gasteiger partial charge in [-0.15, -0.1) is 0 Å². The molecule has 1 aromatic rings. The molecular weight excluding hydrogens is 176 g/mol.